The summed E-state index contributed by atoms with van der Waals surface area (Å²) in [4.78, 5) is 20.6. The van der Waals surface area contributed by atoms with Gasteiger partial charge >= 0.3 is 0 Å². The highest BCUT2D eigenvalue weighted by atomic mass is 15.1. The van der Waals surface area contributed by atoms with Crippen LogP contribution in [0.1, 0.15) is 0 Å². The molecule has 0 saturated heterocycles. The van der Waals surface area contributed by atoms with E-state index in [1.54, 1.807) is 0 Å². The molecule has 10 rings (SSSR count). The Bertz CT molecular complexity index is 2880. The highest BCUT2D eigenvalue weighted by Crippen LogP contribution is 2.38. The van der Waals surface area contributed by atoms with Crippen molar-refractivity contribution in [1.29, 1.82) is 0 Å². The van der Waals surface area contributed by atoms with Crippen LogP contribution in [0.3, 0.4) is 0 Å². The van der Waals surface area contributed by atoms with Crippen molar-refractivity contribution in [2.75, 3.05) is 0 Å². The first-order valence-electron chi connectivity index (χ1n) is 18.4. The lowest BCUT2D eigenvalue weighted by Gasteiger charge is -2.13. The summed E-state index contributed by atoms with van der Waals surface area (Å²) >= 11 is 0. The van der Waals surface area contributed by atoms with Crippen LogP contribution in [-0.2, 0) is 0 Å². The molecule has 10 aromatic rings. The largest absolute Gasteiger partial charge is 0.277 e. The van der Waals surface area contributed by atoms with E-state index in [4.69, 9.17) is 19.9 Å². The zero-order valence-electron chi connectivity index (χ0n) is 29.8. The third-order valence-corrected chi connectivity index (χ3v) is 10.0. The standard InChI is InChI=1S/C50H33N5/c1-5-16-35(17-6-1)44-33-45(52-47(51-44)37-20-9-3-10-21-37)41-25-15-24-40(32-41)34-28-30-38(31-29-34)48-53-49(39-22-11-4-12-23-39)55-46(36-18-7-2-8-19-36)42-26-13-14-27-43(42)50(55)54-48/h1-33H. The average molecular weight is 704 g/mol. The molecule has 55 heavy (non-hydrogen) atoms. The van der Waals surface area contributed by atoms with Crippen molar-refractivity contribution < 1.29 is 0 Å². The molecule has 0 N–H and O–H groups in total. The molecule has 5 heteroatoms. The minimum atomic E-state index is 0.678. The Balaban J connectivity index is 1.07. The third-order valence-electron chi connectivity index (χ3n) is 10.0. The number of hydrogen-bond donors (Lipinski definition) is 0. The zero-order valence-corrected chi connectivity index (χ0v) is 29.8. The molecule has 0 atom stereocenters. The zero-order chi connectivity index (χ0) is 36.6. The summed E-state index contributed by atoms with van der Waals surface area (Å²) in [5.74, 6) is 2.23. The molecule has 5 nitrogen and oxygen atoms in total. The van der Waals surface area contributed by atoms with Gasteiger partial charge in [0.25, 0.3) is 0 Å². The maximum Gasteiger partial charge on any atom is 0.163 e. The molecule has 0 aliphatic heterocycles. The Kier molecular flexibility index (Phi) is 8.08. The molecule has 0 bridgehead atoms. The fourth-order valence-corrected chi connectivity index (χ4v) is 7.35. The summed E-state index contributed by atoms with van der Waals surface area (Å²) in [6, 6.07) is 69.0. The van der Waals surface area contributed by atoms with Gasteiger partial charge in [-0.3, -0.25) is 4.40 Å². The topological polar surface area (TPSA) is 56.0 Å². The van der Waals surface area contributed by atoms with Crippen LogP contribution in [0.2, 0.25) is 0 Å². The number of benzene rings is 7. The van der Waals surface area contributed by atoms with Crippen LogP contribution in [0.4, 0.5) is 0 Å². The monoisotopic (exact) mass is 703 g/mol. The van der Waals surface area contributed by atoms with Gasteiger partial charge in [0.2, 0.25) is 0 Å². The van der Waals surface area contributed by atoms with Crippen molar-refractivity contribution in [3.8, 4) is 79.1 Å². The molecule has 0 unspecified atom stereocenters. The minimum Gasteiger partial charge on any atom is -0.277 e. The van der Waals surface area contributed by atoms with E-state index < -0.39 is 0 Å². The Morgan fingerprint density at radius 3 is 1.44 bits per heavy atom. The lowest BCUT2D eigenvalue weighted by atomic mass is 9.99. The normalized spacial score (nSPS) is 11.3. The molecule has 0 fully saturated rings. The molecule has 258 valence electrons. The van der Waals surface area contributed by atoms with Crippen molar-refractivity contribution in [2.45, 2.75) is 0 Å². The molecule has 3 aromatic heterocycles. The quantitative estimate of drug-likeness (QED) is 0.166. The Labute approximate surface area is 319 Å². The summed E-state index contributed by atoms with van der Waals surface area (Å²) in [6.45, 7) is 0. The van der Waals surface area contributed by atoms with Gasteiger partial charge in [0, 0.05) is 38.6 Å². The molecular formula is C50H33N5. The van der Waals surface area contributed by atoms with Crippen molar-refractivity contribution >= 4 is 16.4 Å². The summed E-state index contributed by atoms with van der Waals surface area (Å²) in [7, 11) is 0. The van der Waals surface area contributed by atoms with Gasteiger partial charge in [-0.1, -0.05) is 188 Å². The molecule has 0 amide bonds. The van der Waals surface area contributed by atoms with Crippen molar-refractivity contribution in [3.63, 3.8) is 0 Å². The van der Waals surface area contributed by atoms with Gasteiger partial charge in [0.1, 0.15) is 11.5 Å². The minimum absolute atomic E-state index is 0.678. The molecule has 0 saturated carbocycles. The molecular weight excluding hydrogens is 671 g/mol. The first kappa shape index (κ1) is 32.2. The maximum atomic E-state index is 5.28. The molecule has 0 aliphatic rings. The molecule has 7 aromatic carbocycles. The molecule has 0 spiro atoms. The predicted molar refractivity (Wildman–Crippen MR) is 224 cm³/mol. The van der Waals surface area contributed by atoms with Gasteiger partial charge in [-0.25, -0.2) is 19.9 Å². The van der Waals surface area contributed by atoms with E-state index >= 15 is 0 Å². The number of nitrogens with zero attached hydrogens (tertiary/aromatic N) is 5. The summed E-state index contributed by atoms with van der Waals surface area (Å²) < 4.78 is 2.22. The van der Waals surface area contributed by atoms with Crippen LogP contribution in [-0.4, -0.2) is 24.3 Å². The van der Waals surface area contributed by atoms with Crippen molar-refractivity contribution in [3.05, 3.63) is 200 Å². The summed E-state index contributed by atoms with van der Waals surface area (Å²) in [6.07, 6.45) is 0. The van der Waals surface area contributed by atoms with Crippen molar-refractivity contribution in [2.24, 2.45) is 0 Å². The second-order valence-electron chi connectivity index (χ2n) is 13.5. The van der Waals surface area contributed by atoms with E-state index in [1.807, 2.05) is 48.5 Å². The Morgan fingerprint density at radius 2 is 0.764 bits per heavy atom. The molecule has 0 aliphatic carbocycles. The SMILES string of the molecule is c1ccc(-c2cc(-c3cccc(-c4ccc(-c5nc(-c6ccccc6)n6c(-c7ccccc7)c7ccccc7c6n5)cc4)c3)nc(-c3ccccc3)n2)cc1. The fraction of sp³-hybridized carbons (Fsp3) is 0. The lowest BCUT2D eigenvalue weighted by molar-refractivity contribution is 1.05. The lowest BCUT2D eigenvalue weighted by Crippen LogP contribution is -2.03. The highest BCUT2D eigenvalue weighted by Gasteiger charge is 2.21. The maximum absolute atomic E-state index is 5.28. The van der Waals surface area contributed by atoms with Crippen LogP contribution in [0.15, 0.2) is 200 Å². The van der Waals surface area contributed by atoms with E-state index in [1.165, 1.54) is 0 Å². The number of aromatic nitrogens is 5. The summed E-state index contributed by atoms with van der Waals surface area (Å²) in [5.41, 5.74) is 12.1. The van der Waals surface area contributed by atoms with Gasteiger partial charge in [0.05, 0.1) is 17.1 Å². The average Bonchev–Trinajstić information content (AvgIpc) is 3.61. The first-order chi connectivity index (χ1) is 27.3. The van der Waals surface area contributed by atoms with Crippen LogP contribution in [0.5, 0.6) is 0 Å². The van der Waals surface area contributed by atoms with E-state index in [9.17, 15) is 0 Å². The fourth-order valence-electron chi connectivity index (χ4n) is 7.35. The summed E-state index contributed by atoms with van der Waals surface area (Å²) in [5, 5.41) is 2.23. The van der Waals surface area contributed by atoms with Crippen LogP contribution in [0, 0.1) is 0 Å². The van der Waals surface area contributed by atoms with Crippen LogP contribution >= 0.6 is 0 Å². The van der Waals surface area contributed by atoms with Gasteiger partial charge in [-0.15, -0.1) is 0 Å². The third kappa shape index (κ3) is 6.04. The van der Waals surface area contributed by atoms with Gasteiger partial charge < -0.3 is 0 Å². The van der Waals surface area contributed by atoms with E-state index in [0.29, 0.717) is 11.6 Å². The highest BCUT2D eigenvalue weighted by molar-refractivity contribution is 6.06. The van der Waals surface area contributed by atoms with Crippen LogP contribution in [0.25, 0.3) is 95.5 Å². The second-order valence-corrected chi connectivity index (χ2v) is 13.5. The Hall–Kier alpha value is -7.50. The molecule has 3 heterocycles. The van der Waals surface area contributed by atoms with Gasteiger partial charge in [-0.2, -0.15) is 0 Å². The number of rotatable bonds is 7. The van der Waals surface area contributed by atoms with E-state index in [-0.39, 0.29) is 0 Å². The smallest absolute Gasteiger partial charge is 0.163 e. The van der Waals surface area contributed by atoms with E-state index in [2.05, 4.69) is 156 Å². The van der Waals surface area contributed by atoms with Gasteiger partial charge in [-0.05, 0) is 28.8 Å². The second kappa shape index (κ2) is 13.8. The predicted octanol–water partition coefficient (Wildman–Crippen LogP) is 12.3. The van der Waals surface area contributed by atoms with E-state index in [0.717, 1.165) is 83.8 Å². The number of fused-ring (bicyclic) bond motifs is 3. The van der Waals surface area contributed by atoms with Gasteiger partial charge in [0.15, 0.2) is 11.6 Å². The first-order valence-corrected chi connectivity index (χ1v) is 18.4. The Morgan fingerprint density at radius 1 is 0.291 bits per heavy atom. The number of hydrogen-bond acceptors (Lipinski definition) is 4. The molecule has 0 radical (unpaired) electrons. The van der Waals surface area contributed by atoms with Crippen LogP contribution < -0.4 is 0 Å². The van der Waals surface area contributed by atoms with Crippen molar-refractivity contribution in [1.82, 2.24) is 24.3 Å².